The van der Waals surface area contributed by atoms with Crippen LogP contribution in [0.15, 0.2) is 0 Å². The minimum atomic E-state index is -0.927. The van der Waals surface area contributed by atoms with Crippen molar-refractivity contribution in [3.63, 3.8) is 0 Å². The highest BCUT2D eigenvalue weighted by atomic mass is 16.6. The van der Waals surface area contributed by atoms with Gasteiger partial charge in [0.2, 0.25) is 0 Å². The lowest BCUT2D eigenvalue weighted by Crippen LogP contribution is -2.29. The van der Waals surface area contributed by atoms with Gasteiger partial charge >= 0.3 is 12.1 Å². The molecule has 0 aromatic rings. The molecule has 1 atom stereocenters. The van der Waals surface area contributed by atoms with Gasteiger partial charge < -0.3 is 20.5 Å². The molecule has 6 heteroatoms. The zero-order valence-corrected chi connectivity index (χ0v) is 7.10. The third-order valence-corrected chi connectivity index (χ3v) is 1.81. The molecule has 1 rings (SSSR count). The van der Waals surface area contributed by atoms with Gasteiger partial charge in [0.05, 0.1) is 13.0 Å². The fourth-order valence-electron chi connectivity index (χ4n) is 1.11. The standard InChI is InChI=1S/C7H12N2O4/c8-3-5-4-9(7(12)13-5)2-1-6(10)11/h5H,1-4,8H2,(H,10,11). The molecule has 6 nitrogen and oxygen atoms in total. The molecule has 1 saturated heterocycles. The highest BCUT2D eigenvalue weighted by Crippen LogP contribution is 2.10. The van der Waals surface area contributed by atoms with E-state index in [-0.39, 0.29) is 25.6 Å². The third kappa shape index (κ3) is 2.59. The molecule has 0 bridgehead atoms. The van der Waals surface area contributed by atoms with Crippen molar-refractivity contribution in [2.45, 2.75) is 12.5 Å². The van der Waals surface area contributed by atoms with Gasteiger partial charge in [0.15, 0.2) is 0 Å². The zero-order valence-electron chi connectivity index (χ0n) is 7.10. The van der Waals surface area contributed by atoms with Gasteiger partial charge in [0, 0.05) is 13.1 Å². The van der Waals surface area contributed by atoms with Crippen LogP contribution < -0.4 is 5.73 Å². The van der Waals surface area contributed by atoms with E-state index in [4.69, 9.17) is 15.6 Å². The monoisotopic (exact) mass is 188 g/mol. The maximum absolute atomic E-state index is 11.0. The van der Waals surface area contributed by atoms with Gasteiger partial charge in [-0.15, -0.1) is 0 Å². The minimum absolute atomic E-state index is 0.0631. The Balaban J connectivity index is 2.35. The summed E-state index contributed by atoms with van der Waals surface area (Å²) in [7, 11) is 0. The summed E-state index contributed by atoms with van der Waals surface area (Å²) < 4.78 is 4.82. The first kappa shape index (κ1) is 9.79. The molecule has 13 heavy (non-hydrogen) atoms. The molecule has 1 aliphatic rings. The number of nitrogens with two attached hydrogens (primary N) is 1. The van der Waals surface area contributed by atoms with Crippen molar-refractivity contribution in [1.29, 1.82) is 0 Å². The van der Waals surface area contributed by atoms with Gasteiger partial charge in [-0.25, -0.2) is 4.79 Å². The molecule has 0 spiro atoms. The zero-order chi connectivity index (χ0) is 9.84. The average Bonchev–Trinajstić information content (AvgIpc) is 2.43. The lowest BCUT2D eigenvalue weighted by Gasteiger charge is -2.09. The first-order valence-corrected chi connectivity index (χ1v) is 4.01. The number of carboxylic acids is 1. The molecule has 74 valence electrons. The molecule has 0 aliphatic carbocycles. The molecule has 1 amide bonds. The van der Waals surface area contributed by atoms with E-state index in [2.05, 4.69) is 0 Å². The predicted molar refractivity (Wildman–Crippen MR) is 43.1 cm³/mol. The molecule has 0 saturated carbocycles. The van der Waals surface area contributed by atoms with E-state index < -0.39 is 12.1 Å². The van der Waals surface area contributed by atoms with Crippen LogP contribution in [-0.2, 0) is 9.53 Å². The number of hydrogen-bond acceptors (Lipinski definition) is 4. The van der Waals surface area contributed by atoms with Crippen LogP contribution in [0, 0.1) is 0 Å². The van der Waals surface area contributed by atoms with E-state index in [1.807, 2.05) is 0 Å². The minimum Gasteiger partial charge on any atom is -0.481 e. The number of carbonyl (C=O) groups is 2. The summed E-state index contributed by atoms with van der Waals surface area (Å²) in [5, 5.41) is 8.38. The van der Waals surface area contributed by atoms with Crippen molar-refractivity contribution in [2.75, 3.05) is 19.6 Å². The van der Waals surface area contributed by atoms with Crippen LogP contribution in [0.25, 0.3) is 0 Å². The Morgan fingerprint density at radius 2 is 2.46 bits per heavy atom. The van der Waals surface area contributed by atoms with Crippen LogP contribution in [0.3, 0.4) is 0 Å². The number of nitrogens with zero attached hydrogens (tertiary/aromatic N) is 1. The quantitative estimate of drug-likeness (QED) is 0.605. The molecule has 1 fully saturated rings. The van der Waals surface area contributed by atoms with E-state index in [0.29, 0.717) is 6.54 Å². The van der Waals surface area contributed by atoms with Crippen molar-refractivity contribution in [2.24, 2.45) is 5.73 Å². The second-order valence-corrected chi connectivity index (χ2v) is 2.83. The van der Waals surface area contributed by atoms with Gasteiger partial charge in [0.25, 0.3) is 0 Å². The van der Waals surface area contributed by atoms with Gasteiger partial charge in [0.1, 0.15) is 6.10 Å². The van der Waals surface area contributed by atoms with Crippen LogP contribution in [-0.4, -0.2) is 47.8 Å². The highest BCUT2D eigenvalue weighted by Gasteiger charge is 2.29. The molecule has 0 radical (unpaired) electrons. The fraction of sp³-hybridized carbons (Fsp3) is 0.714. The average molecular weight is 188 g/mol. The van der Waals surface area contributed by atoms with E-state index in [1.165, 1.54) is 4.90 Å². The number of rotatable bonds is 4. The van der Waals surface area contributed by atoms with Crippen LogP contribution >= 0.6 is 0 Å². The van der Waals surface area contributed by atoms with Gasteiger partial charge in [-0.1, -0.05) is 0 Å². The molecular formula is C7H12N2O4. The van der Waals surface area contributed by atoms with Crippen molar-refractivity contribution in [3.05, 3.63) is 0 Å². The Morgan fingerprint density at radius 3 is 2.92 bits per heavy atom. The first-order chi connectivity index (χ1) is 6.13. The van der Waals surface area contributed by atoms with Crippen molar-refractivity contribution >= 4 is 12.1 Å². The second kappa shape index (κ2) is 4.08. The Hall–Kier alpha value is -1.30. The summed E-state index contributed by atoms with van der Waals surface area (Å²) in [5.41, 5.74) is 5.29. The third-order valence-electron chi connectivity index (χ3n) is 1.81. The number of ether oxygens (including phenoxy) is 1. The van der Waals surface area contributed by atoms with Crippen LogP contribution in [0.2, 0.25) is 0 Å². The summed E-state index contributed by atoms with van der Waals surface area (Å²) in [6, 6.07) is 0. The number of carbonyl (C=O) groups excluding carboxylic acids is 1. The van der Waals surface area contributed by atoms with Gasteiger partial charge in [-0.05, 0) is 0 Å². The van der Waals surface area contributed by atoms with Crippen molar-refractivity contribution in [3.8, 4) is 0 Å². The Bertz CT molecular complexity index is 219. The number of aliphatic carboxylic acids is 1. The number of amides is 1. The van der Waals surface area contributed by atoms with Crippen molar-refractivity contribution in [1.82, 2.24) is 4.90 Å². The van der Waals surface area contributed by atoms with Crippen molar-refractivity contribution < 1.29 is 19.4 Å². The normalized spacial score (nSPS) is 21.8. The van der Waals surface area contributed by atoms with E-state index in [1.54, 1.807) is 0 Å². The lowest BCUT2D eigenvalue weighted by molar-refractivity contribution is -0.137. The maximum atomic E-state index is 11.0. The van der Waals surface area contributed by atoms with Gasteiger partial charge in [-0.2, -0.15) is 0 Å². The summed E-state index contributed by atoms with van der Waals surface area (Å²) in [6.45, 7) is 0.850. The van der Waals surface area contributed by atoms with E-state index in [0.717, 1.165) is 0 Å². The molecular weight excluding hydrogens is 176 g/mol. The highest BCUT2D eigenvalue weighted by molar-refractivity contribution is 5.72. The number of hydrogen-bond donors (Lipinski definition) is 2. The Morgan fingerprint density at radius 1 is 1.77 bits per heavy atom. The van der Waals surface area contributed by atoms with Crippen LogP contribution in [0.4, 0.5) is 4.79 Å². The summed E-state index contributed by atoms with van der Waals surface area (Å²) in [5.74, 6) is -0.927. The molecule has 1 heterocycles. The second-order valence-electron chi connectivity index (χ2n) is 2.83. The molecule has 0 aromatic heterocycles. The first-order valence-electron chi connectivity index (χ1n) is 4.01. The Kier molecular flexibility index (Phi) is 3.07. The lowest BCUT2D eigenvalue weighted by atomic mass is 10.3. The predicted octanol–water partition coefficient (Wildman–Crippen LogP) is -0.759. The largest absolute Gasteiger partial charge is 0.481 e. The molecule has 0 aromatic carbocycles. The Labute approximate surface area is 75.3 Å². The molecule has 1 aliphatic heterocycles. The maximum Gasteiger partial charge on any atom is 0.410 e. The topological polar surface area (TPSA) is 92.9 Å². The van der Waals surface area contributed by atoms with Gasteiger partial charge in [-0.3, -0.25) is 4.79 Å². The summed E-state index contributed by atoms with van der Waals surface area (Å²) >= 11 is 0. The smallest absolute Gasteiger partial charge is 0.410 e. The molecule has 1 unspecified atom stereocenters. The number of carboxylic acid groups (broad SMARTS) is 1. The van der Waals surface area contributed by atoms with E-state index in [9.17, 15) is 9.59 Å². The van der Waals surface area contributed by atoms with Crippen LogP contribution in [0.5, 0.6) is 0 Å². The van der Waals surface area contributed by atoms with E-state index >= 15 is 0 Å². The number of cyclic esters (lactones) is 1. The summed E-state index contributed by atoms with van der Waals surface area (Å²) in [4.78, 5) is 22.6. The molecule has 3 N–H and O–H groups in total. The van der Waals surface area contributed by atoms with Crippen LogP contribution in [0.1, 0.15) is 6.42 Å². The fourth-order valence-corrected chi connectivity index (χ4v) is 1.11. The summed E-state index contributed by atoms with van der Waals surface area (Å²) in [6.07, 6.45) is -0.829. The SMILES string of the molecule is NCC1CN(CCC(=O)O)C(=O)O1.